The molecule has 2 N–H and O–H groups in total. The van der Waals surface area contributed by atoms with Gasteiger partial charge >= 0.3 is 0 Å². The van der Waals surface area contributed by atoms with Crippen LogP contribution in [-0.4, -0.2) is 37.4 Å². The monoisotopic (exact) mass is 376 g/mol. The lowest BCUT2D eigenvalue weighted by atomic mass is 10.1. The van der Waals surface area contributed by atoms with Crippen LogP contribution in [0.1, 0.15) is 25.0 Å². The van der Waals surface area contributed by atoms with Crippen LogP contribution >= 0.6 is 0 Å². The molecule has 0 fully saturated rings. The van der Waals surface area contributed by atoms with Gasteiger partial charge in [0.25, 0.3) is 10.0 Å². The van der Waals surface area contributed by atoms with Crippen molar-refractivity contribution in [1.29, 1.82) is 0 Å². The average Bonchev–Trinajstić information content (AvgIpc) is 2.59. The van der Waals surface area contributed by atoms with Crippen molar-refractivity contribution in [2.75, 3.05) is 17.8 Å². The molecule has 140 valence electrons. The van der Waals surface area contributed by atoms with E-state index in [9.17, 15) is 18.3 Å². The summed E-state index contributed by atoms with van der Waals surface area (Å²) < 4.78 is 27.4. The van der Waals surface area contributed by atoms with Crippen LogP contribution < -0.4 is 4.72 Å². The molecule has 0 aliphatic carbocycles. The number of aryl methyl sites for hydroxylation is 1. The highest BCUT2D eigenvalue weighted by Crippen LogP contribution is 2.26. The zero-order chi connectivity index (χ0) is 19.3. The maximum atomic E-state index is 12.5. The molecule has 7 heteroatoms. The number of likely N-dealkylation sites (N-methyl/N-ethyl adjacent to an activating group) is 1. The minimum atomic E-state index is -3.90. The van der Waals surface area contributed by atoms with Crippen LogP contribution in [0.15, 0.2) is 47.4 Å². The first-order valence-electron chi connectivity index (χ1n) is 8.46. The highest BCUT2D eigenvalue weighted by atomic mass is 32.2. The van der Waals surface area contributed by atoms with Gasteiger partial charge in [-0.3, -0.25) is 9.52 Å². The maximum Gasteiger partial charge on any atom is 0.265 e. The molecule has 2 aromatic rings. The van der Waals surface area contributed by atoms with E-state index in [-0.39, 0.29) is 23.0 Å². The van der Waals surface area contributed by atoms with Crippen LogP contribution in [-0.2, 0) is 21.2 Å². The third kappa shape index (κ3) is 4.76. The Kier molecular flexibility index (Phi) is 6.26. The molecule has 0 aliphatic heterocycles. The molecule has 0 aromatic heterocycles. The van der Waals surface area contributed by atoms with Gasteiger partial charge in [0.15, 0.2) is 0 Å². The minimum absolute atomic E-state index is 0.0352. The average molecular weight is 376 g/mol. The lowest BCUT2D eigenvalue weighted by Crippen LogP contribution is -2.31. The Bertz CT molecular complexity index is 873. The SMILES string of the molecule is CCN(CC)C(=O)Cc1ccc(NS(=O)(=O)c2cc(C)ccc2O)cc1. The van der Waals surface area contributed by atoms with E-state index in [2.05, 4.69) is 4.72 Å². The molecule has 0 heterocycles. The number of phenolic OH excluding ortho intramolecular Hbond substituents is 1. The Labute approximate surface area is 154 Å². The van der Waals surface area contributed by atoms with Crippen LogP contribution in [0, 0.1) is 6.92 Å². The zero-order valence-electron chi connectivity index (χ0n) is 15.2. The first-order chi connectivity index (χ1) is 12.3. The topological polar surface area (TPSA) is 86.7 Å². The van der Waals surface area contributed by atoms with E-state index in [1.54, 1.807) is 42.2 Å². The third-order valence-corrected chi connectivity index (χ3v) is 5.49. The predicted octanol–water partition coefficient (Wildman–Crippen LogP) is 2.91. The van der Waals surface area contributed by atoms with E-state index in [1.165, 1.54) is 12.1 Å². The van der Waals surface area contributed by atoms with Gasteiger partial charge in [0.2, 0.25) is 5.91 Å². The van der Waals surface area contributed by atoms with Crippen LogP contribution in [0.5, 0.6) is 5.75 Å². The van der Waals surface area contributed by atoms with Crippen molar-refractivity contribution < 1.29 is 18.3 Å². The Hall–Kier alpha value is -2.54. The van der Waals surface area contributed by atoms with E-state index in [0.29, 0.717) is 18.8 Å². The van der Waals surface area contributed by atoms with Gasteiger partial charge < -0.3 is 10.0 Å². The summed E-state index contributed by atoms with van der Waals surface area (Å²) in [7, 11) is -3.90. The predicted molar refractivity (Wildman–Crippen MR) is 102 cm³/mol. The summed E-state index contributed by atoms with van der Waals surface area (Å²) in [6.07, 6.45) is 0.271. The van der Waals surface area contributed by atoms with E-state index < -0.39 is 10.0 Å². The molecule has 0 aliphatic rings. The van der Waals surface area contributed by atoms with Crippen molar-refractivity contribution in [2.45, 2.75) is 32.1 Å². The molecule has 26 heavy (non-hydrogen) atoms. The highest BCUT2D eigenvalue weighted by Gasteiger charge is 2.19. The number of hydrogen-bond acceptors (Lipinski definition) is 4. The van der Waals surface area contributed by atoms with Crippen molar-refractivity contribution in [3.05, 3.63) is 53.6 Å². The largest absolute Gasteiger partial charge is 0.507 e. The number of sulfonamides is 1. The minimum Gasteiger partial charge on any atom is -0.507 e. The number of benzene rings is 2. The van der Waals surface area contributed by atoms with Crippen molar-refractivity contribution in [3.8, 4) is 5.75 Å². The molecule has 0 spiro atoms. The van der Waals surface area contributed by atoms with Gasteiger partial charge in [-0.05, 0) is 56.2 Å². The van der Waals surface area contributed by atoms with Crippen LogP contribution in [0.3, 0.4) is 0 Å². The van der Waals surface area contributed by atoms with Gasteiger partial charge in [-0.25, -0.2) is 8.42 Å². The number of nitrogens with one attached hydrogen (secondary N) is 1. The fourth-order valence-electron chi connectivity index (χ4n) is 2.60. The van der Waals surface area contributed by atoms with E-state index in [1.807, 2.05) is 13.8 Å². The smallest absolute Gasteiger partial charge is 0.265 e. The van der Waals surface area contributed by atoms with Gasteiger partial charge in [-0.2, -0.15) is 0 Å². The number of phenols is 1. The normalized spacial score (nSPS) is 11.2. The number of rotatable bonds is 7. The number of nitrogens with zero attached hydrogens (tertiary/aromatic N) is 1. The third-order valence-electron chi connectivity index (χ3n) is 4.08. The number of hydrogen-bond donors (Lipinski definition) is 2. The number of carbonyl (C=O) groups is 1. The molecule has 0 radical (unpaired) electrons. The fourth-order valence-corrected chi connectivity index (χ4v) is 3.84. The van der Waals surface area contributed by atoms with Gasteiger partial charge in [0, 0.05) is 18.8 Å². The standard InChI is InChI=1S/C19H24N2O4S/c1-4-21(5-2)19(23)13-15-7-9-16(10-8-15)20-26(24,25)18-12-14(3)6-11-17(18)22/h6-12,20,22H,4-5,13H2,1-3H3. The molecule has 0 saturated carbocycles. The second kappa shape index (κ2) is 8.23. The Morgan fingerprint density at radius 1 is 1.08 bits per heavy atom. The van der Waals surface area contributed by atoms with Crippen molar-refractivity contribution >= 4 is 21.6 Å². The quantitative estimate of drug-likeness (QED) is 0.778. The summed E-state index contributed by atoms with van der Waals surface area (Å²) in [5.41, 5.74) is 1.90. The molecule has 0 atom stereocenters. The van der Waals surface area contributed by atoms with Gasteiger partial charge in [0.1, 0.15) is 10.6 Å². The molecule has 6 nitrogen and oxygen atoms in total. The second-order valence-corrected chi connectivity index (χ2v) is 7.67. The van der Waals surface area contributed by atoms with E-state index >= 15 is 0 Å². The van der Waals surface area contributed by atoms with Gasteiger partial charge in [-0.1, -0.05) is 18.2 Å². The maximum absolute atomic E-state index is 12.5. The Balaban J connectivity index is 2.14. The first kappa shape index (κ1) is 19.8. The zero-order valence-corrected chi connectivity index (χ0v) is 16.0. The van der Waals surface area contributed by atoms with Crippen LogP contribution in [0.2, 0.25) is 0 Å². The van der Waals surface area contributed by atoms with Crippen LogP contribution in [0.25, 0.3) is 0 Å². The number of carbonyl (C=O) groups excluding carboxylic acids is 1. The molecule has 0 bridgehead atoms. The lowest BCUT2D eigenvalue weighted by Gasteiger charge is -2.18. The number of aromatic hydroxyl groups is 1. The Morgan fingerprint density at radius 2 is 1.69 bits per heavy atom. The van der Waals surface area contributed by atoms with E-state index in [0.717, 1.165) is 11.1 Å². The van der Waals surface area contributed by atoms with Crippen LogP contribution in [0.4, 0.5) is 5.69 Å². The van der Waals surface area contributed by atoms with Crippen molar-refractivity contribution in [2.24, 2.45) is 0 Å². The molecular formula is C19H24N2O4S. The van der Waals surface area contributed by atoms with Gasteiger partial charge in [0.05, 0.1) is 6.42 Å². The summed E-state index contributed by atoms with van der Waals surface area (Å²) in [5, 5.41) is 9.83. The van der Waals surface area contributed by atoms with Crippen molar-refractivity contribution in [1.82, 2.24) is 4.90 Å². The molecule has 2 rings (SSSR count). The summed E-state index contributed by atoms with van der Waals surface area (Å²) in [6.45, 7) is 6.93. The van der Waals surface area contributed by atoms with E-state index in [4.69, 9.17) is 0 Å². The molecular weight excluding hydrogens is 352 g/mol. The second-order valence-electron chi connectivity index (χ2n) is 6.02. The molecule has 0 saturated heterocycles. The highest BCUT2D eigenvalue weighted by molar-refractivity contribution is 7.92. The summed E-state index contributed by atoms with van der Waals surface area (Å²) in [6, 6.07) is 11.0. The fraction of sp³-hybridized carbons (Fsp3) is 0.316. The molecule has 2 aromatic carbocycles. The van der Waals surface area contributed by atoms with Crippen molar-refractivity contribution in [3.63, 3.8) is 0 Å². The first-order valence-corrected chi connectivity index (χ1v) is 9.94. The number of amides is 1. The van der Waals surface area contributed by atoms with Gasteiger partial charge in [-0.15, -0.1) is 0 Å². The Morgan fingerprint density at radius 3 is 2.27 bits per heavy atom. The summed E-state index contributed by atoms with van der Waals surface area (Å²) in [5.74, 6) is -0.266. The molecule has 0 unspecified atom stereocenters. The summed E-state index contributed by atoms with van der Waals surface area (Å²) in [4.78, 5) is 13.7. The molecule has 1 amide bonds. The number of anilines is 1. The summed E-state index contributed by atoms with van der Waals surface area (Å²) >= 11 is 0. The lowest BCUT2D eigenvalue weighted by molar-refractivity contribution is -0.130.